The van der Waals surface area contributed by atoms with Crippen molar-refractivity contribution in [3.63, 3.8) is 0 Å². The van der Waals surface area contributed by atoms with E-state index < -0.39 is 23.2 Å². The summed E-state index contributed by atoms with van der Waals surface area (Å²) in [5.74, 6) is -0.486. The molecule has 0 aliphatic heterocycles. The Morgan fingerprint density at radius 2 is 1.73 bits per heavy atom. The number of anilines is 2. The molecule has 3 N–H and O–H groups in total. The average molecular weight is 406 g/mol. The van der Waals surface area contributed by atoms with Gasteiger partial charge in [0.15, 0.2) is 0 Å². The number of nitrogens with one attached hydrogen (secondary N) is 3. The molecule has 8 heteroatoms. The summed E-state index contributed by atoms with van der Waals surface area (Å²) >= 11 is 0. The first kappa shape index (κ1) is 20.8. The number of ether oxygens (including phenoxy) is 1. The minimum atomic E-state index is -0.639. The molecule has 0 atom stereocenters. The van der Waals surface area contributed by atoms with Crippen molar-refractivity contribution in [1.82, 2.24) is 9.97 Å². The van der Waals surface area contributed by atoms with Gasteiger partial charge in [-0.15, -0.1) is 0 Å². The van der Waals surface area contributed by atoms with Crippen LogP contribution in [0.2, 0.25) is 0 Å². The predicted octanol–water partition coefficient (Wildman–Crippen LogP) is 4.04. The zero-order chi connectivity index (χ0) is 21.7. The van der Waals surface area contributed by atoms with E-state index in [4.69, 9.17) is 4.74 Å². The van der Waals surface area contributed by atoms with Crippen LogP contribution < -0.4 is 16.2 Å². The van der Waals surface area contributed by atoms with E-state index >= 15 is 0 Å². The number of rotatable bonds is 4. The third-order valence-corrected chi connectivity index (χ3v) is 3.94. The van der Waals surface area contributed by atoms with E-state index in [1.165, 1.54) is 6.07 Å². The fraction of sp³-hybridized carbons (Fsp3) is 0.182. The lowest BCUT2D eigenvalue weighted by Crippen LogP contribution is -2.27. The van der Waals surface area contributed by atoms with Gasteiger partial charge < -0.3 is 15.0 Å². The van der Waals surface area contributed by atoms with Gasteiger partial charge in [0.25, 0.3) is 11.5 Å². The molecule has 1 aromatic carbocycles. The molecule has 154 valence electrons. The van der Waals surface area contributed by atoms with Crippen LogP contribution in [0, 0.1) is 0 Å². The normalized spacial score (nSPS) is 10.9. The van der Waals surface area contributed by atoms with Crippen molar-refractivity contribution in [3.8, 4) is 11.1 Å². The molecule has 0 aliphatic carbocycles. The first-order valence-electron chi connectivity index (χ1n) is 9.26. The van der Waals surface area contributed by atoms with Crippen LogP contribution in [0.5, 0.6) is 0 Å². The molecule has 3 rings (SSSR count). The maximum atomic E-state index is 12.7. The third-order valence-electron chi connectivity index (χ3n) is 3.94. The lowest BCUT2D eigenvalue weighted by Gasteiger charge is -2.19. The van der Waals surface area contributed by atoms with Crippen molar-refractivity contribution in [3.05, 3.63) is 77.0 Å². The third kappa shape index (κ3) is 5.54. The molecule has 2 aromatic heterocycles. The number of aromatic nitrogens is 2. The van der Waals surface area contributed by atoms with Crippen molar-refractivity contribution in [2.24, 2.45) is 0 Å². The highest BCUT2D eigenvalue weighted by Crippen LogP contribution is 2.19. The number of hydrogen-bond donors (Lipinski definition) is 3. The topological polar surface area (TPSA) is 113 Å². The number of pyridine rings is 2. The van der Waals surface area contributed by atoms with Crippen LogP contribution in [0.1, 0.15) is 31.1 Å². The fourth-order valence-electron chi connectivity index (χ4n) is 2.64. The number of benzene rings is 1. The molecular formula is C22H22N4O4. The first-order chi connectivity index (χ1) is 14.2. The molecule has 0 saturated carbocycles. The molecule has 0 spiro atoms. The molecule has 8 nitrogen and oxygen atoms in total. The minimum Gasteiger partial charge on any atom is -0.444 e. The van der Waals surface area contributed by atoms with E-state index in [9.17, 15) is 14.4 Å². The van der Waals surface area contributed by atoms with Crippen LogP contribution in [0.3, 0.4) is 0 Å². The van der Waals surface area contributed by atoms with Crippen LogP contribution in [0.25, 0.3) is 11.1 Å². The molecule has 2 amide bonds. The van der Waals surface area contributed by atoms with E-state index in [2.05, 4.69) is 20.6 Å². The average Bonchev–Trinajstić information content (AvgIpc) is 2.69. The second kappa shape index (κ2) is 8.60. The van der Waals surface area contributed by atoms with E-state index in [1.54, 1.807) is 75.8 Å². The summed E-state index contributed by atoms with van der Waals surface area (Å²) in [7, 11) is 0. The Morgan fingerprint density at radius 3 is 2.43 bits per heavy atom. The smallest absolute Gasteiger partial charge is 0.412 e. The van der Waals surface area contributed by atoms with E-state index in [0.717, 1.165) is 11.1 Å². The van der Waals surface area contributed by atoms with Gasteiger partial charge >= 0.3 is 6.09 Å². The fourth-order valence-corrected chi connectivity index (χ4v) is 2.64. The lowest BCUT2D eigenvalue weighted by atomic mass is 10.1. The largest absolute Gasteiger partial charge is 0.444 e. The van der Waals surface area contributed by atoms with Crippen molar-refractivity contribution in [1.29, 1.82) is 0 Å². The van der Waals surface area contributed by atoms with Gasteiger partial charge in [0.05, 0.1) is 0 Å². The Kier molecular flexibility index (Phi) is 5.96. The molecule has 0 fully saturated rings. The van der Waals surface area contributed by atoms with E-state index in [1.807, 2.05) is 0 Å². The maximum Gasteiger partial charge on any atom is 0.412 e. The van der Waals surface area contributed by atoms with Crippen molar-refractivity contribution in [2.75, 3.05) is 10.6 Å². The molecule has 0 bridgehead atoms. The van der Waals surface area contributed by atoms with Gasteiger partial charge in [-0.1, -0.05) is 6.07 Å². The van der Waals surface area contributed by atoms with E-state index in [-0.39, 0.29) is 11.3 Å². The number of amides is 2. The summed E-state index contributed by atoms with van der Waals surface area (Å²) in [5, 5.41) is 5.20. The molecule has 0 saturated heterocycles. The highest BCUT2D eigenvalue weighted by molar-refractivity contribution is 6.05. The molecule has 3 aromatic rings. The highest BCUT2D eigenvalue weighted by Gasteiger charge is 2.17. The van der Waals surface area contributed by atoms with Gasteiger partial charge in [0.2, 0.25) is 0 Å². The highest BCUT2D eigenvalue weighted by atomic mass is 16.6. The Labute approximate surface area is 173 Å². The quantitative estimate of drug-likeness (QED) is 0.605. The molecule has 0 unspecified atom stereocenters. The Morgan fingerprint density at radius 1 is 1.00 bits per heavy atom. The Hall–Kier alpha value is -3.94. The Balaban J connectivity index is 1.77. The lowest BCUT2D eigenvalue weighted by molar-refractivity contribution is 0.0635. The van der Waals surface area contributed by atoms with E-state index in [0.29, 0.717) is 5.69 Å². The SMILES string of the molecule is CC(C)(C)OC(=O)Nc1cccc(C(=O)Nc2cc(-c3ccncc3)c[nH]c2=O)c1. The van der Waals surface area contributed by atoms with Gasteiger partial charge in [-0.3, -0.25) is 19.9 Å². The van der Waals surface area contributed by atoms with Gasteiger partial charge in [-0.25, -0.2) is 4.79 Å². The van der Waals surface area contributed by atoms with Gasteiger partial charge in [-0.05, 0) is 62.7 Å². The molecule has 2 heterocycles. The van der Waals surface area contributed by atoms with Crippen LogP contribution in [-0.2, 0) is 4.74 Å². The predicted molar refractivity (Wildman–Crippen MR) is 115 cm³/mol. The second-order valence-corrected chi connectivity index (χ2v) is 7.53. The number of aromatic amines is 1. The van der Waals surface area contributed by atoms with Crippen molar-refractivity contribution in [2.45, 2.75) is 26.4 Å². The van der Waals surface area contributed by atoms with Crippen LogP contribution in [0.4, 0.5) is 16.2 Å². The minimum absolute atomic E-state index is 0.111. The van der Waals surface area contributed by atoms with Crippen molar-refractivity contribution >= 4 is 23.4 Å². The summed E-state index contributed by atoms with van der Waals surface area (Å²) in [6.45, 7) is 5.27. The summed E-state index contributed by atoms with van der Waals surface area (Å²) in [6, 6.07) is 11.5. The number of hydrogen-bond acceptors (Lipinski definition) is 5. The molecular weight excluding hydrogens is 384 g/mol. The molecule has 0 radical (unpaired) electrons. The van der Waals surface area contributed by atoms with Gasteiger partial charge in [0, 0.05) is 35.4 Å². The summed E-state index contributed by atoms with van der Waals surface area (Å²) < 4.78 is 5.21. The summed E-state index contributed by atoms with van der Waals surface area (Å²) in [5.41, 5.74) is 1.30. The van der Waals surface area contributed by atoms with Crippen LogP contribution in [-0.4, -0.2) is 27.6 Å². The maximum absolute atomic E-state index is 12.7. The summed E-state index contributed by atoms with van der Waals surface area (Å²) in [6.07, 6.45) is 4.23. The number of carbonyl (C=O) groups is 2. The second-order valence-electron chi connectivity index (χ2n) is 7.53. The molecule has 0 aliphatic rings. The summed E-state index contributed by atoms with van der Waals surface area (Å²) in [4.78, 5) is 43.3. The Bertz CT molecular complexity index is 1120. The first-order valence-corrected chi connectivity index (χ1v) is 9.26. The monoisotopic (exact) mass is 406 g/mol. The van der Waals surface area contributed by atoms with Crippen LogP contribution in [0.15, 0.2) is 65.8 Å². The molecule has 30 heavy (non-hydrogen) atoms. The zero-order valence-electron chi connectivity index (χ0n) is 16.9. The zero-order valence-corrected chi connectivity index (χ0v) is 16.9. The van der Waals surface area contributed by atoms with Gasteiger partial charge in [0.1, 0.15) is 11.3 Å². The van der Waals surface area contributed by atoms with Gasteiger partial charge in [-0.2, -0.15) is 0 Å². The standard InChI is InChI=1S/C22H22N4O4/c1-22(2,3)30-21(29)25-17-6-4-5-15(11-17)19(27)26-18-12-16(13-24-20(18)28)14-7-9-23-10-8-14/h4-13H,1-3H3,(H,24,28)(H,25,29)(H,26,27). The van der Waals surface area contributed by atoms with Crippen LogP contribution >= 0.6 is 0 Å². The number of carbonyl (C=O) groups excluding carboxylic acids is 2. The number of nitrogens with zero attached hydrogens (tertiary/aromatic N) is 1. The van der Waals surface area contributed by atoms with Crippen molar-refractivity contribution < 1.29 is 14.3 Å². The number of H-pyrrole nitrogens is 1.